The lowest BCUT2D eigenvalue weighted by molar-refractivity contribution is -0.137. The van der Waals surface area contributed by atoms with E-state index in [-0.39, 0.29) is 0 Å². The summed E-state index contributed by atoms with van der Waals surface area (Å²) in [6, 6.07) is 21.5. The third kappa shape index (κ3) is 6.34. The van der Waals surface area contributed by atoms with Crippen molar-refractivity contribution in [1.82, 2.24) is 10.1 Å². The van der Waals surface area contributed by atoms with Gasteiger partial charge >= 0.3 is 6.18 Å². The SMILES string of the molecule is FC(F)(F)c1cccc(-c2cc(N(CCCN3CCCCCC3)Cc3cccc4ccccc34)on2)c1. The maximum atomic E-state index is 13.2. The number of halogens is 3. The van der Waals surface area contributed by atoms with Crippen LogP contribution in [0.5, 0.6) is 0 Å². The molecule has 0 saturated carbocycles. The van der Waals surface area contributed by atoms with Gasteiger partial charge in [0.1, 0.15) is 5.69 Å². The van der Waals surface area contributed by atoms with E-state index in [1.807, 2.05) is 12.1 Å². The summed E-state index contributed by atoms with van der Waals surface area (Å²) in [7, 11) is 0. The normalized spacial score (nSPS) is 15.1. The Morgan fingerprint density at radius 2 is 1.62 bits per heavy atom. The number of hydrogen-bond donors (Lipinski definition) is 0. The third-order valence-electron chi connectivity index (χ3n) is 7.14. The number of hydrogen-bond acceptors (Lipinski definition) is 4. The Hall–Kier alpha value is -3.32. The summed E-state index contributed by atoms with van der Waals surface area (Å²) in [6.45, 7) is 4.69. The quantitative estimate of drug-likeness (QED) is 0.244. The average molecular weight is 508 g/mol. The molecule has 1 saturated heterocycles. The lowest BCUT2D eigenvalue weighted by atomic mass is 10.0. The van der Waals surface area contributed by atoms with Crippen LogP contribution in [-0.2, 0) is 12.7 Å². The van der Waals surface area contributed by atoms with Gasteiger partial charge in [-0.1, -0.05) is 72.6 Å². The molecule has 1 fully saturated rings. The maximum Gasteiger partial charge on any atom is 0.416 e. The van der Waals surface area contributed by atoms with Crippen molar-refractivity contribution in [1.29, 1.82) is 0 Å². The molecule has 4 aromatic rings. The molecule has 194 valence electrons. The number of rotatable bonds is 8. The molecule has 1 aliphatic rings. The van der Waals surface area contributed by atoms with Crippen molar-refractivity contribution in [2.24, 2.45) is 0 Å². The van der Waals surface area contributed by atoms with Crippen LogP contribution in [0.3, 0.4) is 0 Å². The molecule has 1 aromatic heterocycles. The molecule has 0 unspecified atom stereocenters. The predicted octanol–water partition coefficient (Wildman–Crippen LogP) is 7.79. The number of aromatic nitrogens is 1. The molecular weight excluding hydrogens is 475 g/mol. The molecule has 0 atom stereocenters. The molecule has 5 rings (SSSR count). The third-order valence-corrected chi connectivity index (χ3v) is 7.14. The molecular formula is C30H32F3N3O. The molecule has 3 aromatic carbocycles. The van der Waals surface area contributed by atoms with Crippen LogP contribution in [-0.4, -0.2) is 36.2 Å². The van der Waals surface area contributed by atoms with Gasteiger partial charge in [-0.05, 0) is 67.4 Å². The summed E-state index contributed by atoms with van der Waals surface area (Å²) in [5.41, 5.74) is 1.26. The second-order valence-corrected chi connectivity index (χ2v) is 9.80. The summed E-state index contributed by atoms with van der Waals surface area (Å²) in [4.78, 5) is 4.70. The smallest absolute Gasteiger partial charge is 0.338 e. The lowest BCUT2D eigenvalue weighted by Crippen LogP contribution is -2.30. The second-order valence-electron chi connectivity index (χ2n) is 9.80. The van der Waals surface area contributed by atoms with Crippen molar-refractivity contribution in [3.05, 3.63) is 83.9 Å². The van der Waals surface area contributed by atoms with E-state index in [9.17, 15) is 13.2 Å². The first kappa shape index (κ1) is 25.3. The van der Waals surface area contributed by atoms with E-state index in [1.54, 1.807) is 12.1 Å². The first-order valence-corrected chi connectivity index (χ1v) is 13.1. The summed E-state index contributed by atoms with van der Waals surface area (Å²) in [6.07, 6.45) is 1.67. The van der Waals surface area contributed by atoms with Crippen molar-refractivity contribution in [3.8, 4) is 11.3 Å². The van der Waals surface area contributed by atoms with E-state index >= 15 is 0 Å². The molecule has 0 N–H and O–H groups in total. The molecule has 4 nitrogen and oxygen atoms in total. The number of anilines is 1. The maximum absolute atomic E-state index is 13.2. The van der Waals surface area contributed by atoms with Gasteiger partial charge in [-0.15, -0.1) is 0 Å². The van der Waals surface area contributed by atoms with Crippen molar-refractivity contribution in [3.63, 3.8) is 0 Å². The summed E-state index contributed by atoms with van der Waals surface area (Å²) < 4.78 is 45.5. The Kier molecular flexibility index (Phi) is 7.79. The van der Waals surface area contributed by atoms with E-state index in [0.717, 1.165) is 44.7 Å². The lowest BCUT2D eigenvalue weighted by Gasteiger charge is -2.25. The summed E-state index contributed by atoms with van der Waals surface area (Å²) >= 11 is 0. The molecule has 7 heteroatoms. The number of benzene rings is 3. The zero-order chi connectivity index (χ0) is 25.7. The zero-order valence-corrected chi connectivity index (χ0v) is 20.9. The summed E-state index contributed by atoms with van der Waals surface area (Å²) in [5.74, 6) is 0.566. The molecule has 0 amide bonds. The highest BCUT2D eigenvalue weighted by Gasteiger charge is 2.30. The minimum absolute atomic E-state index is 0.388. The van der Waals surface area contributed by atoms with Crippen LogP contribution in [0.15, 0.2) is 77.3 Å². The van der Waals surface area contributed by atoms with Crippen molar-refractivity contribution in [2.75, 3.05) is 31.1 Å². The Labute approximate surface area is 215 Å². The van der Waals surface area contributed by atoms with Gasteiger partial charge < -0.3 is 14.3 Å². The van der Waals surface area contributed by atoms with Crippen LogP contribution in [0.25, 0.3) is 22.0 Å². The molecule has 1 aliphatic heterocycles. The average Bonchev–Trinajstić information content (AvgIpc) is 3.25. The Morgan fingerprint density at radius 1 is 0.865 bits per heavy atom. The molecule has 37 heavy (non-hydrogen) atoms. The van der Waals surface area contributed by atoms with E-state index in [2.05, 4.69) is 45.3 Å². The molecule has 0 aliphatic carbocycles. The highest BCUT2D eigenvalue weighted by atomic mass is 19.4. The van der Waals surface area contributed by atoms with E-state index in [1.165, 1.54) is 48.1 Å². The van der Waals surface area contributed by atoms with Crippen LogP contribution in [0.4, 0.5) is 19.1 Å². The standard InChI is InChI=1S/C30H32F3N3O/c31-30(32,33)26-14-8-12-24(20-26)28-21-29(37-34-28)36(19-9-18-35-16-5-1-2-6-17-35)22-25-13-7-11-23-10-3-4-15-27(23)25/h3-4,7-8,10-15,20-21H,1-2,5-6,9,16-19,22H2. The minimum Gasteiger partial charge on any atom is -0.338 e. The monoisotopic (exact) mass is 507 g/mol. The number of nitrogens with zero attached hydrogens (tertiary/aromatic N) is 3. The molecule has 0 bridgehead atoms. The van der Waals surface area contributed by atoms with E-state index in [0.29, 0.717) is 23.7 Å². The zero-order valence-electron chi connectivity index (χ0n) is 20.9. The van der Waals surface area contributed by atoms with Gasteiger partial charge in [0.05, 0.1) is 5.56 Å². The highest BCUT2D eigenvalue weighted by Crippen LogP contribution is 2.33. The number of likely N-dealkylation sites (tertiary alicyclic amines) is 1. The van der Waals surface area contributed by atoms with Gasteiger partial charge in [-0.2, -0.15) is 13.2 Å². The van der Waals surface area contributed by atoms with Crippen LogP contribution in [0, 0.1) is 0 Å². The number of fused-ring (bicyclic) bond motifs is 1. The van der Waals surface area contributed by atoms with Gasteiger partial charge in [0, 0.05) is 24.7 Å². The Bertz CT molecular complexity index is 1300. The minimum atomic E-state index is -4.41. The van der Waals surface area contributed by atoms with Gasteiger partial charge in [-0.25, -0.2) is 0 Å². The molecule has 0 spiro atoms. The van der Waals surface area contributed by atoms with Crippen molar-refractivity contribution >= 4 is 16.7 Å². The van der Waals surface area contributed by atoms with Gasteiger partial charge in [0.2, 0.25) is 5.88 Å². The van der Waals surface area contributed by atoms with Crippen LogP contribution in [0.2, 0.25) is 0 Å². The first-order valence-electron chi connectivity index (χ1n) is 13.1. The first-order chi connectivity index (χ1) is 18.0. The fourth-order valence-electron chi connectivity index (χ4n) is 5.15. The van der Waals surface area contributed by atoms with Crippen LogP contribution < -0.4 is 4.90 Å². The van der Waals surface area contributed by atoms with Gasteiger partial charge in [-0.3, -0.25) is 0 Å². The fourth-order valence-corrected chi connectivity index (χ4v) is 5.15. The summed E-state index contributed by atoms with van der Waals surface area (Å²) in [5, 5.41) is 6.50. The largest absolute Gasteiger partial charge is 0.416 e. The molecule has 0 radical (unpaired) electrons. The highest BCUT2D eigenvalue weighted by molar-refractivity contribution is 5.85. The number of alkyl halides is 3. The second kappa shape index (κ2) is 11.4. The van der Waals surface area contributed by atoms with E-state index in [4.69, 9.17) is 4.52 Å². The van der Waals surface area contributed by atoms with Crippen LogP contribution in [0.1, 0.15) is 43.2 Å². The van der Waals surface area contributed by atoms with Crippen molar-refractivity contribution in [2.45, 2.75) is 44.8 Å². The Morgan fingerprint density at radius 3 is 2.43 bits per heavy atom. The Balaban J connectivity index is 1.39. The van der Waals surface area contributed by atoms with Crippen LogP contribution >= 0.6 is 0 Å². The van der Waals surface area contributed by atoms with E-state index < -0.39 is 11.7 Å². The van der Waals surface area contributed by atoms with Gasteiger partial charge in [0.25, 0.3) is 0 Å². The van der Waals surface area contributed by atoms with Gasteiger partial charge in [0.15, 0.2) is 0 Å². The van der Waals surface area contributed by atoms with Crippen molar-refractivity contribution < 1.29 is 17.7 Å². The topological polar surface area (TPSA) is 32.5 Å². The predicted molar refractivity (Wildman–Crippen MR) is 141 cm³/mol. The molecule has 2 heterocycles. The fraction of sp³-hybridized carbons (Fsp3) is 0.367.